The van der Waals surface area contributed by atoms with E-state index in [0.29, 0.717) is 22.5 Å². The molecule has 0 radical (unpaired) electrons. The monoisotopic (exact) mass is 379 g/mol. The highest BCUT2D eigenvalue weighted by atomic mass is 127. The maximum absolute atomic E-state index is 6.00. The summed E-state index contributed by atoms with van der Waals surface area (Å²) in [6.45, 7) is 0.305. The van der Waals surface area contributed by atoms with Crippen molar-refractivity contribution in [2.75, 3.05) is 0 Å². The van der Waals surface area contributed by atoms with E-state index in [0.717, 1.165) is 9.32 Å². The van der Waals surface area contributed by atoms with Gasteiger partial charge < -0.3 is 4.74 Å². The van der Waals surface area contributed by atoms with Gasteiger partial charge in [0.05, 0.1) is 14.3 Å². The van der Waals surface area contributed by atoms with Gasteiger partial charge in [-0.3, -0.25) is 0 Å². The van der Waals surface area contributed by atoms with Crippen LogP contribution in [0.25, 0.3) is 0 Å². The molecule has 2 rings (SSSR count). The molecule has 0 saturated heterocycles. The van der Waals surface area contributed by atoms with Crippen LogP contribution in [0, 0.1) is 3.57 Å². The Bertz CT molecular complexity index is 534. The van der Waals surface area contributed by atoms with Crippen molar-refractivity contribution < 1.29 is 4.74 Å². The summed E-state index contributed by atoms with van der Waals surface area (Å²) in [6.07, 6.45) is 0. The third kappa shape index (κ3) is 3.47. The van der Waals surface area contributed by atoms with Crippen molar-refractivity contribution in [2.45, 2.75) is 6.61 Å². The second kappa shape index (κ2) is 5.89. The molecule has 0 fully saturated rings. The number of benzene rings is 1. The number of pyridine rings is 1. The molecule has 0 unspecified atom stereocenters. The van der Waals surface area contributed by atoms with Gasteiger partial charge in [0.2, 0.25) is 0 Å². The summed E-state index contributed by atoms with van der Waals surface area (Å²) in [4.78, 5) is 4.12. The molecule has 2 aromatic rings. The highest BCUT2D eigenvalue weighted by Crippen LogP contribution is 2.23. The van der Waals surface area contributed by atoms with Gasteiger partial charge in [-0.1, -0.05) is 35.3 Å². The van der Waals surface area contributed by atoms with Gasteiger partial charge in [0.1, 0.15) is 17.5 Å². The van der Waals surface area contributed by atoms with E-state index >= 15 is 0 Å². The number of nitrogens with zero attached hydrogens (tertiary/aromatic N) is 1. The number of aromatic nitrogens is 1. The summed E-state index contributed by atoms with van der Waals surface area (Å²) in [5, 5.41) is 0.969. The van der Waals surface area contributed by atoms with Gasteiger partial charge in [-0.25, -0.2) is 4.98 Å². The first-order valence-electron chi connectivity index (χ1n) is 4.85. The second-order valence-corrected chi connectivity index (χ2v) is 5.24. The van der Waals surface area contributed by atoms with Crippen LogP contribution in [0.5, 0.6) is 5.75 Å². The lowest BCUT2D eigenvalue weighted by atomic mass is 10.3. The molecule has 0 bridgehead atoms. The lowest BCUT2D eigenvalue weighted by molar-refractivity contribution is 0.299. The van der Waals surface area contributed by atoms with Crippen LogP contribution >= 0.6 is 45.8 Å². The topological polar surface area (TPSA) is 22.1 Å². The van der Waals surface area contributed by atoms with Gasteiger partial charge in [0.25, 0.3) is 0 Å². The van der Waals surface area contributed by atoms with Crippen LogP contribution in [0.15, 0.2) is 36.4 Å². The van der Waals surface area contributed by atoms with Crippen LogP contribution in [-0.4, -0.2) is 4.98 Å². The van der Waals surface area contributed by atoms with E-state index < -0.39 is 0 Å². The minimum atomic E-state index is 0.305. The van der Waals surface area contributed by atoms with Crippen LogP contribution in [0.3, 0.4) is 0 Å². The normalized spacial score (nSPS) is 10.3. The van der Waals surface area contributed by atoms with E-state index in [4.69, 9.17) is 27.9 Å². The molecule has 0 aliphatic carbocycles. The molecule has 1 aromatic carbocycles. The molecule has 0 saturated carbocycles. The number of hydrogen-bond donors (Lipinski definition) is 0. The Morgan fingerprint density at radius 3 is 2.65 bits per heavy atom. The molecule has 0 aliphatic heterocycles. The Balaban J connectivity index is 2.12. The average molecular weight is 380 g/mol. The minimum Gasteiger partial charge on any atom is -0.486 e. The zero-order valence-corrected chi connectivity index (χ0v) is 12.3. The van der Waals surface area contributed by atoms with Gasteiger partial charge in [0, 0.05) is 0 Å². The third-order valence-electron chi connectivity index (χ3n) is 2.09. The Labute approximate surface area is 123 Å². The van der Waals surface area contributed by atoms with Crippen LogP contribution < -0.4 is 4.74 Å². The summed E-state index contributed by atoms with van der Waals surface area (Å²) in [7, 11) is 0. The molecule has 0 spiro atoms. The van der Waals surface area contributed by atoms with Crippen LogP contribution in [0.4, 0.5) is 0 Å². The van der Waals surface area contributed by atoms with Crippen molar-refractivity contribution in [3.8, 4) is 5.75 Å². The highest BCUT2D eigenvalue weighted by Gasteiger charge is 2.05. The van der Waals surface area contributed by atoms with Gasteiger partial charge in [0.15, 0.2) is 0 Å². The quantitative estimate of drug-likeness (QED) is 0.575. The molecule has 0 aliphatic rings. The second-order valence-electron chi connectivity index (χ2n) is 3.28. The summed E-state index contributed by atoms with van der Waals surface area (Å²) < 4.78 is 6.69. The molecule has 17 heavy (non-hydrogen) atoms. The van der Waals surface area contributed by atoms with Crippen molar-refractivity contribution in [1.82, 2.24) is 4.98 Å². The Hall–Kier alpha value is -0.520. The maximum Gasteiger partial charge on any atom is 0.133 e. The van der Waals surface area contributed by atoms with E-state index in [9.17, 15) is 0 Å². The van der Waals surface area contributed by atoms with E-state index in [1.807, 2.05) is 24.3 Å². The average Bonchev–Trinajstić information content (AvgIpc) is 2.32. The molecule has 0 amide bonds. The van der Waals surface area contributed by atoms with E-state index in [1.54, 1.807) is 12.1 Å². The van der Waals surface area contributed by atoms with Crippen LogP contribution in [0.2, 0.25) is 10.2 Å². The van der Waals surface area contributed by atoms with Crippen molar-refractivity contribution >= 4 is 45.8 Å². The first-order chi connectivity index (χ1) is 8.16. The van der Waals surface area contributed by atoms with E-state index in [2.05, 4.69) is 27.6 Å². The first-order valence-corrected chi connectivity index (χ1v) is 6.68. The number of rotatable bonds is 3. The SMILES string of the molecule is Clc1ccc(Cl)c(COc2ccccc2I)n1. The number of ether oxygens (including phenoxy) is 1. The molecular formula is C12H8Cl2INO. The number of halogens is 3. The maximum atomic E-state index is 6.00. The summed E-state index contributed by atoms with van der Waals surface area (Å²) in [5.41, 5.74) is 0.638. The summed E-state index contributed by atoms with van der Waals surface area (Å²) in [5.74, 6) is 0.811. The molecular weight excluding hydrogens is 372 g/mol. The van der Waals surface area contributed by atoms with Crippen molar-refractivity contribution in [1.29, 1.82) is 0 Å². The van der Waals surface area contributed by atoms with Crippen LogP contribution in [0.1, 0.15) is 5.69 Å². The smallest absolute Gasteiger partial charge is 0.133 e. The predicted molar refractivity (Wildman–Crippen MR) is 77.7 cm³/mol. The van der Waals surface area contributed by atoms with Gasteiger partial charge >= 0.3 is 0 Å². The zero-order valence-electron chi connectivity index (χ0n) is 8.66. The third-order valence-corrected chi connectivity index (χ3v) is 3.53. The lowest BCUT2D eigenvalue weighted by Gasteiger charge is -2.08. The lowest BCUT2D eigenvalue weighted by Crippen LogP contribution is -2.00. The van der Waals surface area contributed by atoms with E-state index in [-0.39, 0.29) is 0 Å². The minimum absolute atomic E-state index is 0.305. The fraction of sp³-hybridized carbons (Fsp3) is 0.0833. The zero-order chi connectivity index (χ0) is 12.3. The number of hydrogen-bond acceptors (Lipinski definition) is 2. The molecule has 88 valence electrons. The van der Waals surface area contributed by atoms with Crippen molar-refractivity contribution in [2.24, 2.45) is 0 Å². The Morgan fingerprint density at radius 2 is 1.88 bits per heavy atom. The first kappa shape index (κ1) is 12.9. The fourth-order valence-corrected chi connectivity index (χ4v) is 2.13. The van der Waals surface area contributed by atoms with Crippen molar-refractivity contribution in [3.63, 3.8) is 0 Å². The van der Waals surface area contributed by atoms with Crippen LogP contribution in [-0.2, 0) is 6.61 Å². The fourth-order valence-electron chi connectivity index (χ4n) is 1.27. The van der Waals surface area contributed by atoms with Gasteiger partial charge in [-0.05, 0) is 46.9 Å². The predicted octanol–water partition coefficient (Wildman–Crippen LogP) is 4.57. The highest BCUT2D eigenvalue weighted by molar-refractivity contribution is 14.1. The van der Waals surface area contributed by atoms with Gasteiger partial charge in [-0.15, -0.1) is 0 Å². The molecule has 1 heterocycles. The standard InChI is InChI=1S/C12H8Cl2INO/c13-8-5-6-12(14)16-10(8)7-17-11-4-2-1-3-9(11)15/h1-6H,7H2. The molecule has 0 N–H and O–H groups in total. The summed E-state index contributed by atoms with van der Waals surface area (Å²) >= 11 is 14.0. The van der Waals surface area contributed by atoms with Gasteiger partial charge in [-0.2, -0.15) is 0 Å². The van der Waals surface area contributed by atoms with E-state index in [1.165, 1.54) is 0 Å². The van der Waals surface area contributed by atoms with Crippen molar-refractivity contribution in [3.05, 3.63) is 55.8 Å². The molecule has 1 aromatic heterocycles. The largest absolute Gasteiger partial charge is 0.486 e. The number of para-hydroxylation sites is 1. The molecule has 2 nitrogen and oxygen atoms in total. The Kier molecular flexibility index (Phi) is 4.48. The molecule has 5 heteroatoms. The summed E-state index contributed by atoms with van der Waals surface area (Å²) in [6, 6.07) is 11.1. The molecule has 0 atom stereocenters. The Morgan fingerprint density at radius 1 is 1.12 bits per heavy atom.